The molecule has 2 N–H and O–H groups in total. The fourth-order valence-corrected chi connectivity index (χ4v) is 2.62. The average Bonchev–Trinajstić information content (AvgIpc) is 2.99. The topological polar surface area (TPSA) is 58.5 Å². The number of nitrogens with one attached hydrogen (secondary N) is 2. The Morgan fingerprint density at radius 3 is 2.95 bits per heavy atom. The van der Waals surface area contributed by atoms with Gasteiger partial charge in [0.15, 0.2) is 0 Å². The molecule has 0 radical (unpaired) electrons. The number of H-pyrrole nitrogens is 1. The zero-order valence-corrected chi connectivity index (χ0v) is 13.0. The van der Waals surface area contributed by atoms with Crippen molar-refractivity contribution >= 4 is 32.9 Å². The molecule has 0 amide bonds. The van der Waals surface area contributed by atoms with Crippen LogP contribution >= 0.6 is 15.9 Å². The van der Waals surface area contributed by atoms with Crippen molar-refractivity contribution in [3.8, 4) is 0 Å². The summed E-state index contributed by atoms with van der Waals surface area (Å²) < 4.78 is 3.23. The van der Waals surface area contributed by atoms with Gasteiger partial charge in [-0.3, -0.25) is 0 Å². The third-order valence-corrected chi connectivity index (χ3v) is 3.69. The number of halogens is 1. The minimum absolute atomic E-state index is 0.637. The monoisotopic (exact) mass is 333 g/mol. The molecular weight excluding hydrogens is 318 g/mol. The summed E-state index contributed by atoms with van der Waals surface area (Å²) in [4.78, 5) is 12.1. The number of imidazole rings is 2. The number of rotatable bonds is 4. The molecule has 0 aliphatic heterocycles. The van der Waals surface area contributed by atoms with E-state index in [2.05, 4.69) is 53.8 Å². The van der Waals surface area contributed by atoms with E-state index in [4.69, 9.17) is 0 Å². The van der Waals surface area contributed by atoms with Crippen LogP contribution in [0.15, 0.2) is 28.9 Å². The summed E-state index contributed by atoms with van der Waals surface area (Å²) in [5, 5.41) is 3.35. The molecule has 0 unspecified atom stereocenters. The Kier molecular flexibility index (Phi) is 3.48. The molecular formula is C14H16BrN5. The van der Waals surface area contributed by atoms with Crippen molar-refractivity contribution in [3.05, 3.63) is 40.4 Å². The van der Waals surface area contributed by atoms with E-state index < -0.39 is 0 Å². The first-order valence-electron chi connectivity index (χ1n) is 6.57. The third-order valence-electron chi connectivity index (χ3n) is 3.20. The van der Waals surface area contributed by atoms with Gasteiger partial charge in [0.1, 0.15) is 5.82 Å². The van der Waals surface area contributed by atoms with E-state index in [1.165, 1.54) is 0 Å². The van der Waals surface area contributed by atoms with Gasteiger partial charge in [-0.25, -0.2) is 9.97 Å². The molecule has 0 bridgehead atoms. The van der Waals surface area contributed by atoms with Gasteiger partial charge in [0.25, 0.3) is 0 Å². The maximum atomic E-state index is 4.64. The number of aromatic nitrogens is 4. The second-order valence-electron chi connectivity index (χ2n) is 4.68. The number of fused-ring (bicyclic) bond motifs is 1. The molecule has 3 rings (SSSR count). The van der Waals surface area contributed by atoms with Gasteiger partial charge in [-0.1, -0.05) is 15.9 Å². The normalized spacial score (nSPS) is 11.2. The first kappa shape index (κ1) is 13.2. The third kappa shape index (κ3) is 2.43. The number of hydrogen-bond acceptors (Lipinski definition) is 3. The molecule has 0 saturated carbocycles. The van der Waals surface area contributed by atoms with Crippen LogP contribution in [-0.2, 0) is 13.1 Å². The van der Waals surface area contributed by atoms with E-state index in [0.717, 1.165) is 39.5 Å². The molecule has 20 heavy (non-hydrogen) atoms. The van der Waals surface area contributed by atoms with Crippen molar-refractivity contribution in [2.75, 3.05) is 5.32 Å². The molecule has 104 valence electrons. The molecule has 0 spiro atoms. The zero-order valence-electron chi connectivity index (χ0n) is 11.4. The van der Waals surface area contributed by atoms with Crippen molar-refractivity contribution in [2.45, 2.75) is 26.9 Å². The van der Waals surface area contributed by atoms with Crippen LogP contribution in [0.3, 0.4) is 0 Å². The Morgan fingerprint density at radius 1 is 1.40 bits per heavy atom. The van der Waals surface area contributed by atoms with E-state index in [-0.39, 0.29) is 0 Å². The lowest BCUT2D eigenvalue weighted by molar-refractivity contribution is 0.783. The summed E-state index contributed by atoms with van der Waals surface area (Å²) in [6.07, 6.45) is 1.83. The quantitative estimate of drug-likeness (QED) is 0.768. The molecule has 0 aliphatic carbocycles. The maximum Gasteiger partial charge on any atom is 0.204 e. The Bertz CT molecular complexity index is 743. The van der Waals surface area contributed by atoms with E-state index in [1.54, 1.807) is 0 Å². The highest BCUT2D eigenvalue weighted by Gasteiger charge is 2.10. The van der Waals surface area contributed by atoms with Gasteiger partial charge in [0, 0.05) is 22.9 Å². The lowest BCUT2D eigenvalue weighted by Crippen LogP contribution is -2.07. The standard InChI is InChI=1S/C14H16BrN5/c1-3-20-12-6-10(15)4-5-11(12)19-14(20)17-8-13-16-7-9(2)18-13/h4-7H,3,8H2,1-2H3,(H,16,18)(H,17,19). The summed E-state index contributed by atoms with van der Waals surface area (Å²) >= 11 is 3.51. The predicted octanol–water partition coefficient (Wildman–Crippen LogP) is 3.46. The van der Waals surface area contributed by atoms with Gasteiger partial charge in [-0.15, -0.1) is 0 Å². The van der Waals surface area contributed by atoms with Crippen LogP contribution in [0.25, 0.3) is 11.0 Å². The summed E-state index contributed by atoms with van der Waals surface area (Å²) in [5.41, 5.74) is 3.18. The second kappa shape index (κ2) is 5.28. The van der Waals surface area contributed by atoms with Crippen molar-refractivity contribution in [1.29, 1.82) is 0 Å². The van der Waals surface area contributed by atoms with E-state index in [9.17, 15) is 0 Å². The second-order valence-corrected chi connectivity index (χ2v) is 5.59. The van der Waals surface area contributed by atoms with Crippen LogP contribution in [0.2, 0.25) is 0 Å². The molecule has 3 aromatic rings. The van der Waals surface area contributed by atoms with Gasteiger partial charge < -0.3 is 14.9 Å². The van der Waals surface area contributed by atoms with Crippen molar-refractivity contribution in [3.63, 3.8) is 0 Å². The molecule has 0 fully saturated rings. The highest BCUT2D eigenvalue weighted by atomic mass is 79.9. The molecule has 2 heterocycles. The van der Waals surface area contributed by atoms with Crippen LogP contribution in [0.4, 0.5) is 5.95 Å². The van der Waals surface area contributed by atoms with Crippen molar-refractivity contribution in [1.82, 2.24) is 19.5 Å². The molecule has 2 aromatic heterocycles. The number of hydrogen-bond donors (Lipinski definition) is 2. The van der Waals surface area contributed by atoms with Crippen LogP contribution in [0.5, 0.6) is 0 Å². The van der Waals surface area contributed by atoms with Crippen LogP contribution in [-0.4, -0.2) is 19.5 Å². The highest BCUT2D eigenvalue weighted by molar-refractivity contribution is 9.10. The van der Waals surface area contributed by atoms with Gasteiger partial charge >= 0.3 is 0 Å². The molecule has 0 atom stereocenters. The molecule has 0 saturated heterocycles. The van der Waals surface area contributed by atoms with Gasteiger partial charge in [0.2, 0.25) is 5.95 Å². The summed E-state index contributed by atoms with van der Waals surface area (Å²) in [6.45, 7) is 5.62. The lowest BCUT2D eigenvalue weighted by Gasteiger charge is -2.07. The van der Waals surface area contributed by atoms with Crippen LogP contribution in [0.1, 0.15) is 18.4 Å². The Balaban J connectivity index is 1.90. The maximum absolute atomic E-state index is 4.64. The first-order chi connectivity index (χ1) is 9.67. The molecule has 5 nitrogen and oxygen atoms in total. The molecule has 0 aliphatic rings. The van der Waals surface area contributed by atoms with Crippen molar-refractivity contribution in [2.24, 2.45) is 0 Å². The van der Waals surface area contributed by atoms with Crippen LogP contribution in [0, 0.1) is 6.92 Å². The number of nitrogens with zero attached hydrogens (tertiary/aromatic N) is 3. The van der Waals surface area contributed by atoms with E-state index >= 15 is 0 Å². The summed E-state index contributed by atoms with van der Waals surface area (Å²) in [6, 6.07) is 6.12. The number of anilines is 1. The predicted molar refractivity (Wildman–Crippen MR) is 83.8 cm³/mol. The fraction of sp³-hybridized carbons (Fsp3) is 0.286. The largest absolute Gasteiger partial charge is 0.348 e. The molecule has 1 aromatic carbocycles. The minimum Gasteiger partial charge on any atom is -0.348 e. The van der Waals surface area contributed by atoms with Gasteiger partial charge in [0.05, 0.1) is 17.6 Å². The zero-order chi connectivity index (χ0) is 14.1. The van der Waals surface area contributed by atoms with Crippen molar-refractivity contribution < 1.29 is 0 Å². The van der Waals surface area contributed by atoms with E-state index in [0.29, 0.717) is 6.54 Å². The molecule has 6 heteroatoms. The van der Waals surface area contributed by atoms with Gasteiger partial charge in [-0.05, 0) is 32.0 Å². The summed E-state index contributed by atoms with van der Waals surface area (Å²) in [5.74, 6) is 1.79. The lowest BCUT2D eigenvalue weighted by atomic mass is 10.3. The fourth-order valence-electron chi connectivity index (χ4n) is 2.27. The minimum atomic E-state index is 0.637. The first-order valence-corrected chi connectivity index (χ1v) is 7.37. The SMILES string of the molecule is CCn1c(NCc2ncc(C)[nH]2)nc2ccc(Br)cc21. The Labute approximate surface area is 125 Å². The van der Waals surface area contributed by atoms with Gasteiger partial charge in [-0.2, -0.15) is 0 Å². The number of benzene rings is 1. The van der Waals surface area contributed by atoms with E-state index in [1.807, 2.05) is 25.3 Å². The average molecular weight is 334 g/mol. The number of aromatic amines is 1. The number of aryl methyl sites for hydroxylation is 2. The highest BCUT2D eigenvalue weighted by Crippen LogP contribution is 2.23. The summed E-state index contributed by atoms with van der Waals surface area (Å²) in [7, 11) is 0. The smallest absolute Gasteiger partial charge is 0.204 e. The van der Waals surface area contributed by atoms with Crippen LogP contribution < -0.4 is 5.32 Å². The Morgan fingerprint density at radius 2 is 2.25 bits per heavy atom. The Hall–Kier alpha value is -1.82.